The number of aromatic nitrogens is 1. The number of halogens is 3. The molecule has 0 bridgehead atoms. The number of aromatic carboxylic acids is 1. The van der Waals surface area contributed by atoms with E-state index in [1.54, 1.807) is 0 Å². The minimum absolute atomic E-state index is 0.0512. The smallest absolute Gasteiger partial charge is 0.337 e. The maximum absolute atomic E-state index is 13.0. The van der Waals surface area contributed by atoms with E-state index in [9.17, 15) is 14.0 Å². The van der Waals surface area contributed by atoms with Crippen LogP contribution in [-0.4, -0.2) is 22.0 Å². The van der Waals surface area contributed by atoms with E-state index < -0.39 is 17.8 Å². The van der Waals surface area contributed by atoms with E-state index in [0.29, 0.717) is 0 Å². The van der Waals surface area contributed by atoms with Gasteiger partial charge in [0.15, 0.2) is 0 Å². The minimum Gasteiger partial charge on any atom is -0.478 e. The van der Waals surface area contributed by atoms with Gasteiger partial charge in [-0.2, -0.15) is 4.39 Å². The fourth-order valence-corrected chi connectivity index (χ4v) is 2.12. The van der Waals surface area contributed by atoms with Gasteiger partial charge in [-0.05, 0) is 24.3 Å². The molecule has 2 rings (SSSR count). The van der Waals surface area contributed by atoms with Gasteiger partial charge in [-0.1, -0.05) is 29.3 Å². The molecule has 0 radical (unpaired) electrons. The molecule has 0 atom stereocenters. The van der Waals surface area contributed by atoms with Gasteiger partial charge in [0.2, 0.25) is 5.95 Å². The van der Waals surface area contributed by atoms with Gasteiger partial charge in [-0.25, -0.2) is 9.78 Å². The van der Waals surface area contributed by atoms with Gasteiger partial charge in [0.1, 0.15) is 5.69 Å². The quantitative estimate of drug-likeness (QED) is 0.845. The van der Waals surface area contributed by atoms with Crippen LogP contribution in [0.3, 0.4) is 0 Å². The normalized spacial score (nSPS) is 10.2. The first-order valence-electron chi connectivity index (χ1n) is 5.54. The molecule has 108 valence electrons. The lowest BCUT2D eigenvalue weighted by Crippen LogP contribution is -2.17. The van der Waals surface area contributed by atoms with Crippen LogP contribution in [-0.2, 0) is 0 Å². The van der Waals surface area contributed by atoms with Gasteiger partial charge >= 0.3 is 5.97 Å². The molecule has 0 unspecified atom stereocenters. The first kappa shape index (κ1) is 15.2. The number of hydrogen-bond acceptors (Lipinski definition) is 3. The number of benzene rings is 1. The summed E-state index contributed by atoms with van der Waals surface area (Å²) < 4.78 is 13.0. The summed E-state index contributed by atoms with van der Waals surface area (Å²) >= 11 is 11.6. The number of pyridine rings is 1. The highest BCUT2D eigenvalue weighted by Gasteiger charge is 2.18. The van der Waals surface area contributed by atoms with E-state index in [0.717, 1.165) is 12.1 Å². The summed E-state index contributed by atoms with van der Waals surface area (Å²) in [4.78, 5) is 26.5. The summed E-state index contributed by atoms with van der Waals surface area (Å²) in [5.74, 6) is -2.94. The Hall–Kier alpha value is -2.18. The van der Waals surface area contributed by atoms with Crippen LogP contribution >= 0.6 is 23.2 Å². The number of carbonyl (C=O) groups is 2. The number of hydrogen-bond donors (Lipinski definition) is 2. The summed E-state index contributed by atoms with van der Waals surface area (Å²) in [6.45, 7) is 0. The van der Waals surface area contributed by atoms with Crippen molar-refractivity contribution in [1.82, 2.24) is 4.98 Å². The van der Waals surface area contributed by atoms with Crippen LogP contribution < -0.4 is 5.32 Å². The minimum atomic E-state index is -1.32. The molecule has 5 nitrogen and oxygen atoms in total. The SMILES string of the molecule is O=C(Nc1c(Cl)cc(Cl)cc1C(=O)O)c1cccc(F)n1. The third kappa shape index (κ3) is 3.48. The van der Waals surface area contributed by atoms with Crippen LogP contribution in [0.15, 0.2) is 30.3 Å². The summed E-state index contributed by atoms with van der Waals surface area (Å²) in [7, 11) is 0. The molecule has 1 amide bonds. The summed E-state index contributed by atoms with van der Waals surface area (Å²) in [5.41, 5.74) is -0.626. The maximum Gasteiger partial charge on any atom is 0.337 e. The topological polar surface area (TPSA) is 79.3 Å². The average Bonchev–Trinajstić information content (AvgIpc) is 2.41. The highest BCUT2D eigenvalue weighted by molar-refractivity contribution is 6.38. The third-order valence-electron chi connectivity index (χ3n) is 2.47. The van der Waals surface area contributed by atoms with Crippen molar-refractivity contribution in [2.24, 2.45) is 0 Å². The van der Waals surface area contributed by atoms with E-state index in [1.807, 2.05) is 0 Å². The molecule has 2 aromatic rings. The molecular weight excluding hydrogens is 322 g/mol. The van der Waals surface area contributed by atoms with Gasteiger partial charge in [-0.3, -0.25) is 4.79 Å². The van der Waals surface area contributed by atoms with E-state index in [4.69, 9.17) is 28.3 Å². The van der Waals surface area contributed by atoms with Crippen LogP contribution in [0.4, 0.5) is 10.1 Å². The first-order chi connectivity index (χ1) is 9.88. The Morgan fingerprint density at radius 3 is 2.57 bits per heavy atom. The number of carboxylic acids is 1. The van der Waals surface area contributed by atoms with Crippen LogP contribution in [0.1, 0.15) is 20.8 Å². The van der Waals surface area contributed by atoms with Crippen LogP contribution in [0, 0.1) is 5.95 Å². The largest absolute Gasteiger partial charge is 0.478 e. The lowest BCUT2D eigenvalue weighted by Gasteiger charge is -2.10. The molecule has 21 heavy (non-hydrogen) atoms. The predicted octanol–water partition coefficient (Wildman–Crippen LogP) is 3.48. The van der Waals surface area contributed by atoms with Crippen molar-refractivity contribution in [3.63, 3.8) is 0 Å². The van der Waals surface area contributed by atoms with Gasteiger partial charge in [0, 0.05) is 5.02 Å². The van der Waals surface area contributed by atoms with Crippen LogP contribution in [0.2, 0.25) is 10.0 Å². The Bertz CT molecular complexity index is 737. The Morgan fingerprint density at radius 2 is 1.95 bits per heavy atom. The Balaban J connectivity index is 2.39. The van der Waals surface area contributed by atoms with E-state index in [-0.39, 0.29) is 27.0 Å². The van der Waals surface area contributed by atoms with Crippen molar-refractivity contribution < 1.29 is 19.1 Å². The molecule has 1 heterocycles. The lowest BCUT2D eigenvalue weighted by molar-refractivity contribution is 0.0698. The van der Waals surface area contributed by atoms with Gasteiger partial charge in [0.05, 0.1) is 16.3 Å². The van der Waals surface area contributed by atoms with Crippen molar-refractivity contribution in [3.8, 4) is 0 Å². The van der Waals surface area contributed by atoms with Crippen LogP contribution in [0.25, 0.3) is 0 Å². The molecule has 1 aromatic carbocycles. The molecule has 0 aliphatic rings. The predicted molar refractivity (Wildman–Crippen MR) is 75.6 cm³/mol. The van der Waals surface area contributed by atoms with Gasteiger partial charge < -0.3 is 10.4 Å². The number of nitrogens with zero attached hydrogens (tertiary/aromatic N) is 1. The number of nitrogens with one attached hydrogen (secondary N) is 1. The average molecular weight is 329 g/mol. The fraction of sp³-hybridized carbons (Fsp3) is 0. The highest BCUT2D eigenvalue weighted by atomic mass is 35.5. The molecule has 0 aliphatic carbocycles. The van der Waals surface area contributed by atoms with E-state index in [2.05, 4.69) is 10.3 Å². The standard InChI is InChI=1S/C13H7Cl2FN2O3/c14-6-4-7(13(20)21)11(8(15)5-6)18-12(19)9-2-1-3-10(16)17-9/h1-5H,(H,18,19)(H,20,21). The second-order valence-electron chi connectivity index (χ2n) is 3.92. The van der Waals surface area contributed by atoms with Crippen molar-refractivity contribution in [2.45, 2.75) is 0 Å². The number of rotatable bonds is 3. The Labute approximate surface area is 128 Å². The second-order valence-corrected chi connectivity index (χ2v) is 4.76. The molecular formula is C13H7Cl2FN2O3. The summed E-state index contributed by atoms with van der Waals surface area (Å²) in [6.07, 6.45) is 0. The fourth-order valence-electron chi connectivity index (χ4n) is 1.58. The van der Waals surface area contributed by atoms with Crippen molar-refractivity contribution in [3.05, 3.63) is 57.6 Å². The van der Waals surface area contributed by atoms with Gasteiger partial charge in [-0.15, -0.1) is 0 Å². The number of carboxylic acid groups (broad SMARTS) is 1. The number of amides is 1. The van der Waals surface area contributed by atoms with Gasteiger partial charge in [0.25, 0.3) is 5.91 Å². The van der Waals surface area contributed by atoms with E-state index in [1.165, 1.54) is 18.2 Å². The molecule has 0 spiro atoms. The zero-order valence-corrected chi connectivity index (χ0v) is 11.7. The summed E-state index contributed by atoms with van der Waals surface area (Å²) in [6, 6.07) is 6.09. The second kappa shape index (κ2) is 6.07. The highest BCUT2D eigenvalue weighted by Crippen LogP contribution is 2.30. The Morgan fingerprint density at radius 1 is 1.24 bits per heavy atom. The Kier molecular flexibility index (Phi) is 4.40. The number of anilines is 1. The zero-order valence-electron chi connectivity index (χ0n) is 10.2. The van der Waals surface area contributed by atoms with Crippen molar-refractivity contribution >= 4 is 40.8 Å². The molecule has 0 aliphatic heterocycles. The third-order valence-corrected chi connectivity index (χ3v) is 2.99. The monoisotopic (exact) mass is 328 g/mol. The van der Waals surface area contributed by atoms with E-state index >= 15 is 0 Å². The number of carbonyl (C=O) groups excluding carboxylic acids is 1. The molecule has 0 saturated carbocycles. The zero-order chi connectivity index (χ0) is 15.6. The molecule has 8 heteroatoms. The molecule has 0 fully saturated rings. The molecule has 0 saturated heterocycles. The van der Waals surface area contributed by atoms with Crippen molar-refractivity contribution in [2.75, 3.05) is 5.32 Å². The lowest BCUT2D eigenvalue weighted by atomic mass is 10.1. The first-order valence-corrected chi connectivity index (χ1v) is 6.30. The van der Waals surface area contributed by atoms with Crippen LogP contribution in [0.5, 0.6) is 0 Å². The maximum atomic E-state index is 13.0. The van der Waals surface area contributed by atoms with Crippen molar-refractivity contribution in [1.29, 1.82) is 0 Å². The molecule has 2 N–H and O–H groups in total. The molecule has 1 aromatic heterocycles. The summed E-state index contributed by atoms with van der Waals surface area (Å²) in [5, 5.41) is 11.4.